The SMILES string of the molecule is CCN(CC)c1nc(C)cc(C(=O)Nc2cccc(NC(C)=O)c2)n1. The summed E-state index contributed by atoms with van der Waals surface area (Å²) in [5, 5.41) is 5.49. The van der Waals surface area contributed by atoms with Crippen LogP contribution in [0.1, 0.15) is 37.0 Å². The summed E-state index contributed by atoms with van der Waals surface area (Å²) in [4.78, 5) is 34.5. The maximum atomic E-state index is 12.5. The second-order valence-corrected chi connectivity index (χ2v) is 5.58. The number of aromatic nitrogens is 2. The molecule has 2 rings (SSSR count). The van der Waals surface area contributed by atoms with Crippen molar-refractivity contribution in [2.75, 3.05) is 28.6 Å². The molecule has 0 unspecified atom stereocenters. The highest BCUT2D eigenvalue weighted by Gasteiger charge is 2.14. The van der Waals surface area contributed by atoms with Crippen LogP contribution < -0.4 is 15.5 Å². The normalized spacial score (nSPS) is 10.2. The molecule has 2 aromatic rings. The van der Waals surface area contributed by atoms with Crippen LogP contribution in [0.25, 0.3) is 0 Å². The Morgan fingerprint density at radius 3 is 2.28 bits per heavy atom. The minimum atomic E-state index is -0.320. The van der Waals surface area contributed by atoms with E-state index >= 15 is 0 Å². The van der Waals surface area contributed by atoms with Gasteiger partial charge < -0.3 is 15.5 Å². The van der Waals surface area contributed by atoms with Crippen molar-refractivity contribution < 1.29 is 9.59 Å². The summed E-state index contributed by atoms with van der Waals surface area (Å²) < 4.78 is 0. The van der Waals surface area contributed by atoms with E-state index in [0.29, 0.717) is 23.0 Å². The summed E-state index contributed by atoms with van der Waals surface area (Å²) in [5.74, 6) is 0.0554. The van der Waals surface area contributed by atoms with Gasteiger partial charge in [-0.2, -0.15) is 0 Å². The van der Waals surface area contributed by atoms with E-state index in [9.17, 15) is 9.59 Å². The molecule has 1 aromatic carbocycles. The van der Waals surface area contributed by atoms with Gasteiger partial charge in [-0.25, -0.2) is 9.97 Å². The summed E-state index contributed by atoms with van der Waals surface area (Å²) in [7, 11) is 0. The van der Waals surface area contributed by atoms with Gasteiger partial charge in [0, 0.05) is 37.1 Å². The van der Waals surface area contributed by atoms with Crippen LogP contribution in [-0.2, 0) is 4.79 Å². The number of anilines is 3. The van der Waals surface area contributed by atoms with Gasteiger partial charge in [-0.3, -0.25) is 9.59 Å². The van der Waals surface area contributed by atoms with Crippen LogP contribution in [-0.4, -0.2) is 34.9 Å². The zero-order valence-electron chi connectivity index (χ0n) is 15.0. The van der Waals surface area contributed by atoms with Gasteiger partial charge in [0.05, 0.1) is 0 Å². The molecule has 0 aliphatic carbocycles. The van der Waals surface area contributed by atoms with Gasteiger partial charge in [-0.15, -0.1) is 0 Å². The monoisotopic (exact) mass is 341 g/mol. The first-order chi connectivity index (χ1) is 11.9. The van der Waals surface area contributed by atoms with Crippen molar-refractivity contribution in [3.05, 3.63) is 41.7 Å². The van der Waals surface area contributed by atoms with E-state index in [4.69, 9.17) is 0 Å². The molecule has 0 atom stereocenters. The molecule has 7 heteroatoms. The number of carbonyl (C=O) groups is 2. The Morgan fingerprint density at radius 2 is 1.68 bits per heavy atom. The van der Waals surface area contributed by atoms with Crippen LogP contribution in [0.3, 0.4) is 0 Å². The van der Waals surface area contributed by atoms with Crippen molar-refractivity contribution in [1.29, 1.82) is 0 Å². The predicted molar refractivity (Wildman–Crippen MR) is 99.0 cm³/mol. The first kappa shape index (κ1) is 18.4. The average molecular weight is 341 g/mol. The number of carbonyl (C=O) groups excluding carboxylic acids is 2. The standard InChI is InChI=1S/C18H23N5O2/c1-5-23(6-2)18-19-12(3)10-16(22-18)17(25)21-15-9-7-8-14(11-15)20-13(4)24/h7-11H,5-6H2,1-4H3,(H,20,24)(H,21,25). The lowest BCUT2D eigenvalue weighted by Gasteiger charge is -2.19. The van der Waals surface area contributed by atoms with Crippen molar-refractivity contribution in [3.63, 3.8) is 0 Å². The molecule has 1 heterocycles. The minimum absolute atomic E-state index is 0.168. The van der Waals surface area contributed by atoms with Crippen molar-refractivity contribution in [2.45, 2.75) is 27.7 Å². The Labute approximate surface area is 147 Å². The first-order valence-corrected chi connectivity index (χ1v) is 8.22. The second kappa shape index (κ2) is 8.23. The van der Waals surface area contributed by atoms with Crippen molar-refractivity contribution >= 4 is 29.1 Å². The molecule has 0 saturated heterocycles. The fraction of sp³-hybridized carbons (Fsp3) is 0.333. The van der Waals surface area contributed by atoms with E-state index in [2.05, 4.69) is 20.6 Å². The molecule has 7 nitrogen and oxygen atoms in total. The van der Waals surface area contributed by atoms with E-state index in [1.165, 1.54) is 6.92 Å². The number of nitrogens with zero attached hydrogens (tertiary/aromatic N) is 3. The number of rotatable bonds is 6. The van der Waals surface area contributed by atoms with E-state index in [1.807, 2.05) is 25.7 Å². The smallest absolute Gasteiger partial charge is 0.274 e. The molecule has 132 valence electrons. The van der Waals surface area contributed by atoms with Crippen molar-refractivity contribution in [1.82, 2.24) is 9.97 Å². The first-order valence-electron chi connectivity index (χ1n) is 8.22. The highest BCUT2D eigenvalue weighted by Crippen LogP contribution is 2.17. The Balaban J connectivity index is 2.22. The van der Waals surface area contributed by atoms with Gasteiger partial charge in [-0.1, -0.05) is 6.07 Å². The lowest BCUT2D eigenvalue weighted by Crippen LogP contribution is -2.26. The van der Waals surface area contributed by atoms with Crippen LogP contribution >= 0.6 is 0 Å². The molecule has 2 amide bonds. The second-order valence-electron chi connectivity index (χ2n) is 5.58. The summed E-state index contributed by atoms with van der Waals surface area (Å²) in [6, 6.07) is 8.61. The quantitative estimate of drug-likeness (QED) is 0.843. The Morgan fingerprint density at radius 1 is 1.04 bits per heavy atom. The van der Waals surface area contributed by atoms with Crippen molar-refractivity contribution in [3.8, 4) is 0 Å². The highest BCUT2D eigenvalue weighted by atomic mass is 16.2. The van der Waals surface area contributed by atoms with Gasteiger partial charge >= 0.3 is 0 Å². The predicted octanol–water partition coefficient (Wildman–Crippen LogP) is 2.84. The number of aryl methyl sites for hydroxylation is 1. The molecule has 0 saturated carbocycles. The Hall–Kier alpha value is -2.96. The van der Waals surface area contributed by atoms with E-state index < -0.39 is 0 Å². The number of nitrogens with one attached hydrogen (secondary N) is 2. The third kappa shape index (κ3) is 5.00. The van der Waals surface area contributed by atoms with E-state index in [-0.39, 0.29) is 11.8 Å². The topological polar surface area (TPSA) is 87.2 Å². The summed E-state index contributed by atoms with van der Waals surface area (Å²) in [6.45, 7) is 8.83. The number of hydrogen-bond donors (Lipinski definition) is 2. The molecule has 1 aromatic heterocycles. The minimum Gasteiger partial charge on any atom is -0.341 e. The van der Waals surface area contributed by atoms with Gasteiger partial charge in [-0.05, 0) is 45.0 Å². The van der Waals surface area contributed by atoms with Crippen LogP contribution in [0.5, 0.6) is 0 Å². The Bertz CT molecular complexity index is 772. The molecule has 25 heavy (non-hydrogen) atoms. The summed E-state index contributed by atoms with van der Waals surface area (Å²) >= 11 is 0. The van der Waals surface area contributed by atoms with Gasteiger partial charge in [0.15, 0.2) is 0 Å². The molecular formula is C18H23N5O2. The molecule has 0 radical (unpaired) electrons. The fourth-order valence-corrected chi connectivity index (χ4v) is 2.39. The zero-order valence-corrected chi connectivity index (χ0v) is 15.0. The summed E-state index contributed by atoms with van der Waals surface area (Å²) in [5.41, 5.74) is 2.23. The fourth-order valence-electron chi connectivity index (χ4n) is 2.39. The van der Waals surface area contributed by atoms with E-state index in [0.717, 1.165) is 18.8 Å². The van der Waals surface area contributed by atoms with Gasteiger partial charge in [0.2, 0.25) is 11.9 Å². The maximum Gasteiger partial charge on any atom is 0.274 e. The largest absolute Gasteiger partial charge is 0.341 e. The zero-order chi connectivity index (χ0) is 18.4. The number of hydrogen-bond acceptors (Lipinski definition) is 5. The molecular weight excluding hydrogens is 318 g/mol. The molecule has 0 bridgehead atoms. The third-order valence-electron chi connectivity index (χ3n) is 3.56. The van der Waals surface area contributed by atoms with E-state index in [1.54, 1.807) is 30.3 Å². The molecule has 0 spiro atoms. The Kier molecular flexibility index (Phi) is 6.05. The molecule has 2 N–H and O–H groups in total. The lowest BCUT2D eigenvalue weighted by molar-refractivity contribution is -0.114. The van der Waals surface area contributed by atoms with Crippen LogP contribution in [0.15, 0.2) is 30.3 Å². The molecule has 0 aliphatic heterocycles. The summed E-state index contributed by atoms with van der Waals surface area (Å²) in [6.07, 6.45) is 0. The maximum absolute atomic E-state index is 12.5. The third-order valence-corrected chi connectivity index (χ3v) is 3.56. The lowest BCUT2D eigenvalue weighted by atomic mass is 10.2. The van der Waals surface area contributed by atoms with Crippen LogP contribution in [0.4, 0.5) is 17.3 Å². The van der Waals surface area contributed by atoms with Gasteiger partial charge in [0.25, 0.3) is 5.91 Å². The van der Waals surface area contributed by atoms with Crippen LogP contribution in [0, 0.1) is 6.92 Å². The van der Waals surface area contributed by atoms with Crippen LogP contribution in [0.2, 0.25) is 0 Å². The molecule has 0 aliphatic rings. The van der Waals surface area contributed by atoms with Gasteiger partial charge in [0.1, 0.15) is 5.69 Å². The number of benzene rings is 1. The molecule has 0 fully saturated rings. The average Bonchev–Trinajstić information content (AvgIpc) is 2.55. The highest BCUT2D eigenvalue weighted by molar-refractivity contribution is 6.03. The number of amides is 2. The van der Waals surface area contributed by atoms with Crippen molar-refractivity contribution in [2.24, 2.45) is 0 Å².